The Morgan fingerprint density at radius 1 is 1.33 bits per heavy atom. The summed E-state index contributed by atoms with van der Waals surface area (Å²) in [6.45, 7) is 2.12. The molecule has 0 fully saturated rings. The summed E-state index contributed by atoms with van der Waals surface area (Å²) < 4.78 is 2.39. The summed E-state index contributed by atoms with van der Waals surface area (Å²) in [4.78, 5) is 2.95. The number of rotatable bonds is 2. The molecule has 0 bridgehead atoms. The Morgan fingerprint density at radius 2 is 2.07 bits per heavy atom. The molecule has 15 heavy (non-hydrogen) atoms. The molecule has 0 radical (unpaired) electrons. The molecular weight excluding hydrogens is 424 g/mol. The molecule has 0 N–H and O–H groups in total. The van der Waals surface area contributed by atoms with Crippen molar-refractivity contribution < 1.29 is 0 Å². The molecule has 2 heterocycles. The summed E-state index contributed by atoms with van der Waals surface area (Å²) in [5.74, 6) is 0. The maximum absolute atomic E-state index is 3.74. The van der Waals surface area contributed by atoms with E-state index in [1.807, 2.05) is 0 Å². The summed E-state index contributed by atoms with van der Waals surface area (Å²) in [6.07, 6.45) is 0. The van der Waals surface area contributed by atoms with Gasteiger partial charge in [0.25, 0.3) is 0 Å². The van der Waals surface area contributed by atoms with Gasteiger partial charge in [-0.1, -0.05) is 15.9 Å². The fourth-order valence-electron chi connectivity index (χ4n) is 1.22. The quantitative estimate of drug-likeness (QED) is 0.503. The van der Waals surface area contributed by atoms with Gasteiger partial charge in [-0.15, -0.1) is 22.7 Å². The van der Waals surface area contributed by atoms with Crippen LogP contribution < -0.4 is 0 Å². The van der Waals surface area contributed by atoms with Crippen LogP contribution in [0, 0.1) is 6.92 Å². The third-order valence-corrected chi connectivity index (χ3v) is 7.70. The van der Waals surface area contributed by atoms with Crippen LogP contribution in [0.2, 0.25) is 0 Å². The molecule has 0 aliphatic heterocycles. The third kappa shape index (κ3) is 2.57. The highest BCUT2D eigenvalue weighted by Gasteiger charge is 2.17. The van der Waals surface area contributed by atoms with Crippen molar-refractivity contribution >= 4 is 70.5 Å². The van der Waals surface area contributed by atoms with E-state index in [-0.39, 0.29) is 0 Å². The van der Waals surface area contributed by atoms with Crippen LogP contribution in [0.4, 0.5) is 0 Å². The van der Waals surface area contributed by atoms with E-state index in [4.69, 9.17) is 0 Å². The second-order valence-corrected chi connectivity index (χ2v) is 8.22. The van der Waals surface area contributed by atoms with Gasteiger partial charge in [0.05, 0.1) is 8.61 Å². The van der Waals surface area contributed by atoms with E-state index < -0.39 is 0 Å². The lowest BCUT2D eigenvalue weighted by Crippen LogP contribution is -1.85. The van der Waals surface area contributed by atoms with Gasteiger partial charge in [-0.05, 0) is 61.9 Å². The number of halogens is 3. The molecule has 5 heteroatoms. The van der Waals surface area contributed by atoms with Crippen molar-refractivity contribution in [3.05, 3.63) is 41.1 Å². The smallest absolute Gasteiger partial charge is 0.0842 e. The first-order chi connectivity index (χ1) is 7.09. The Hall–Kier alpha value is 0.840. The molecule has 0 aliphatic carbocycles. The number of aryl methyl sites for hydroxylation is 1. The molecule has 2 aromatic rings. The van der Waals surface area contributed by atoms with E-state index in [0.29, 0.717) is 4.83 Å². The number of hydrogen-bond acceptors (Lipinski definition) is 2. The van der Waals surface area contributed by atoms with Gasteiger partial charge >= 0.3 is 0 Å². The Bertz CT molecular complexity index is 453. The van der Waals surface area contributed by atoms with Crippen LogP contribution in [0.15, 0.2) is 25.8 Å². The van der Waals surface area contributed by atoms with Gasteiger partial charge < -0.3 is 0 Å². The van der Waals surface area contributed by atoms with Gasteiger partial charge in [0.2, 0.25) is 0 Å². The highest BCUT2D eigenvalue weighted by Crippen LogP contribution is 2.43. The summed E-state index contributed by atoms with van der Waals surface area (Å²) >= 11 is 14.4. The predicted molar refractivity (Wildman–Crippen MR) is 79.5 cm³/mol. The monoisotopic (exact) mass is 428 g/mol. The standard InChI is InChI=1S/C10H7Br3S2/c1-5-4-7(15-10(5)13)8(12)9-6(11)2-3-14-9/h2-4,8H,1H3. The molecule has 0 saturated heterocycles. The first-order valence-corrected chi connectivity index (χ1v) is 8.42. The van der Waals surface area contributed by atoms with Gasteiger partial charge in [0, 0.05) is 14.2 Å². The molecule has 0 saturated carbocycles. The number of alkyl halides is 1. The normalized spacial score (nSPS) is 13.1. The fraction of sp³-hybridized carbons (Fsp3) is 0.200. The lowest BCUT2D eigenvalue weighted by atomic mass is 10.2. The van der Waals surface area contributed by atoms with E-state index in [9.17, 15) is 0 Å². The molecule has 2 aromatic heterocycles. The first-order valence-electron chi connectivity index (χ1n) is 4.22. The van der Waals surface area contributed by atoms with Crippen molar-refractivity contribution in [3.63, 3.8) is 0 Å². The first kappa shape index (κ1) is 12.3. The summed E-state index contributed by atoms with van der Waals surface area (Å²) in [5, 5.41) is 2.10. The van der Waals surface area contributed by atoms with E-state index in [2.05, 4.69) is 72.2 Å². The zero-order chi connectivity index (χ0) is 11.0. The Labute approximate surface area is 122 Å². The van der Waals surface area contributed by atoms with Crippen molar-refractivity contribution in [1.29, 1.82) is 0 Å². The molecular formula is C10H7Br3S2. The van der Waals surface area contributed by atoms with Gasteiger partial charge in [0.15, 0.2) is 0 Å². The minimum Gasteiger partial charge on any atom is -0.146 e. The maximum atomic E-state index is 3.74. The largest absolute Gasteiger partial charge is 0.146 e. The van der Waals surface area contributed by atoms with Crippen LogP contribution in [0.5, 0.6) is 0 Å². The topological polar surface area (TPSA) is 0 Å². The Kier molecular flexibility index (Phi) is 4.10. The van der Waals surface area contributed by atoms with Gasteiger partial charge in [0.1, 0.15) is 0 Å². The highest BCUT2D eigenvalue weighted by atomic mass is 79.9. The van der Waals surface area contributed by atoms with Crippen LogP contribution in [0.1, 0.15) is 20.1 Å². The van der Waals surface area contributed by atoms with Gasteiger partial charge in [-0.3, -0.25) is 0 Å². The fourth-order valence-corrected chi connectivity index (χ4v) is 5.74. The van der Waals surface area contributed by atoms with Crippen molar-refractivity contribution in [3.8, 4) is 0 Å². The Balaban J connectivity index is 2.36. The van der Waals surface area contributed by atoms with E-state index in [1.165, 1.54) is 23.6 Å². The summed E-state index contributed by atoms with van der Waals surface area (Å²) in [5.41, 5.74) is 1.30. The molecule has 0 spiro atoms. The van der Waals surface area contributed by atoms with Crippen LogP contribution in [0.25, 0.3) is 0 Å². The zero-order valence-electron chi connectivity index (χ0n) is 7.76. The molecule has 1 atom stereocenters. The van der Waals surface area contributed by atoms with E-state index in [1.54, 1.807) is 22.7 Å². The van der Waals surface area contributed by atoms with Crippen molar-refractivity contribution in [2.24, 2.45) is 0 Å². The number of thiophene rings is 2. The zero-order valence-corrected chi connectivity index (χ0v) is 14.2. The van der Waals surface area contributed by atoms with Crippen molar-refractivity contribution in [2.45, 2.75) is 11.8 Å². The van der Waals surface area contributed by atoms with Gasteiger partial charge in [-0.2, -0.15) is 0 Å². The molecule has 0 aliphatic rings. The van der Waals surface area contributed by atoms with Crippen LogP contribution >= 0.6 is 70.5 Å². The van der Waals surface area contributed by atoms with Gasteiger partial charge in [-0.25, -0.2) is 0 Å². The molecule has 0 nitrogen and oxygen atoms in total. The third-order valence-electron chi connectivity index (χ3n) is 2.00. The number of hydrogen-bond donors (Lipinski definition) is 0. The highest BCUT2D eigenvalue weighted by molar-refractivity contribution is 9.11. The molecule has 1 unspecified atom stereocenters. The minimum atomic E-state index is 0.293. The summed E-state index contributed by atoms with van der Waals surface area (Å²) in [6, 6.07) is 4.31. The van der Waals surface area contributed by atoms with E-state index >= 15 is 0 Å². The second-order valence-electron chi connectivity index (χ2n) is 3.10. The average molecular weight is 431 g/mol. The van der Waals surface area contributed by atoms with Crippen molar-refractivity contribution in [1.82, 2.24) is 0 Å². The van der Waals surface area contributed by atoms with Crippen LogP contribution in [-0.2, 0) is 0 Å². The molecule has 2 rings (SSSR count). The second kappa shape index (κ2) is 5.00. The Morgan fingerprint density at radius 3 is 2.53 bits per heavy atom. The SMILES string of the molecule is Cc1cc(C(Br)c2sccc2Br)sc1Br. The van der Waals surface area contributed by atoms with Crippen LogP contribution in [-0.4, -0.2) is 0 Å². The minimum absolute atomic E-state index is 0.293. The lowest BCUT2D eigenvalue weighted by Gasteiger charge is -2.05. The predicted octanol–water partition coefficient (Wildman–Crippen LogP) is 6.13. The lowest BCUT2D eigenvalue weighted by molar-refractivity contribution is 1.26. The van der Waals surface area contributed by atoms with Crippen molar-refractivity contribution in [2.75, 3.05) is 0 Å². The average Bonchev–Trinajstić information content (AvgIpc) is 2.74. The maximum Gasteiger partial charge on any atom is 0.0842 e. The summed E-state index contributed by atoms with van der Waals surface area (Å²) in [7, 11) is 0. The molecule has 80 valence electrons. The molecule has 0 amide bonds. The molecule has 0 aromatic carbocycles. The van der Waals surface area contributed by atoms with Crippen LogP contribution in [0.3, 0.4) is 0 Å². The van der Waals surface area contributed by atoms with E-state index in [0.717, 1.165) is 0 Å².